The van der Waals surface area contributed by atoms with Crippen molar-refractivity contribution in [1.82, 2.24) is 5.32 Å². The van der Waals surface area contributed by atoms with Gasteiger partial charge in [0.1, 0.15) is 0 Å². The lowest BCUT2D eigenvalue weighted by Gasteiger charge is -2.24. The Morgan fingerprint density at radius 1 is 1.57 bits per heavy atom. The lowest BCUT2D eigenvalue weighted by Crippen LogP contribution is -2.41. The van der Waals surface area contributed by atoms with E-state index < -0.39 is 0 Å². The highest BCUT2D eigenvalue weighted by Crippen LogP contribution is 2.05. The van der Waals surface area contributed by atoms with Crippen LogP contribution >= 0.6 is 0 Å². The normalized spacial score (nSPS) is 28.9. The molecule has 1 N–H and O–H groups in total. The van der Waals surface area contributed by atoms with Gasteiger partial charge in [-0.2, -0.15) is 0 Å². The molecule has 7 heavy (non-hydrogen) atoms. The van der Waals surface area contributed by atoms with Crippen molar-refractivity contribution in [3.8, 4) is 0 Å². The molecule has 1 unspecified atom stereocenters. The maximum Gasteiger partial charge on any atom is -0.000238 e. The molecular weight excluding hydrogens is 87.1 g/mol. The maximum atomic E-state index is 3.60. The third-order valence-corrected chi connectivity index (χ3v) is 1.22. The van der Waals surface area contributed by atoms with E-state index in [4.69, 9.17) is 0 Å². The fourth-order valence-electron chi connectivity index (χ4n) is 0.640. The molecule has 0 aliphatic carbocycles. The third kappa shape index (κ3) is 1.03. The second-order valence-electron chi connectivity index (χ2n) is 1.85. The first-order valence-electron chi connectivity index (χ1n) is 2.60. The smallest absolute Gasteiger partial charge is 0.000238 e. The molecule has 0 bridgehead atoms. The van der Waals surface area contributed by atoms with Gasteiger partial charge in [-0.3, -0.25) is 0 Å². The van der Waals surface area contributed by atoms with Crippen molar-refractivity contribution < 1.29 is 0 Å². The standard InChI is InChI=1S/C6H10N/c1-2-3-6-4-7-5-6/h2-3,6-7H,1,4-5H2/i4+1. The lowest BCUT2D eigenvalue weighted by atomic mass is 10.1. The van der Waals surface area contributed by atoms with E-state index >= 15 is 0 Å². The molecule has 0 saturated carbocycles. The van der Waals surface area contributed by atoms with Crippen molar-refractivity contribution in [2.45, 2.75) is 0 Å². The molecule has 0 spiro atoms. The van der Waals surface area contributed by atoms with E-state index in [-0.39, 0.29) is 0 Å². The highest BCUT2D eigenvalue weighted by atomic mass is 15.1. The molecule has 1 saturated heterocycles. The summed E-state index contributed by atoms with van der Waals surface area (Å²) in [6.45, 7) is 5.89. The molecular formula is C6H10N. The molecule has 1 fully saturated rings. The summed E-state index contributed by atoms with van der Waals surface area (Å²) in [5.41, 5.74) is 0. The summed E-state index contributed by atoms with van der Waals surface area (Å²) in [5.74, 6) is 0.775. The van der Waals surface area contributed by atoms with Crippen LogP contribution in [-0.4, -0.2) is 13.1 Å². The average Bonchev–Trinajstić information content (AvgIpc) is 1.55. The zero-order chi connectivity index (χ0) is 5.11. The Balaban J connectivity index is 2.03. The highest BCUT2D eigenvalue weighted by molar-refractivity contribution is 4.97. The minimum atomic E-state index is 0.775. The first-order chi connectivity index (χ1) is 3.43. The van der Waals surface area contributed by atoms with Crippen LogP contribution in [0.2, 0.25) is 0 Å². The van der Waals surface area contributed by atoms with Crippen molar-refractivity contribution in [1.29, 1.82) is 0 Å². The van der Waals surface area contributed by atoms with Gasteiger partial charge in [-0.25, -0.2) is 0 Å². The number of hydrogen-bond acceptors (Lipinski definition) is 1. The van der Waals surface area contributed by atoms with Crippen LogP contribution in [-0.2, 0) is 0 Å². The van der Waals surface area contributed by atoms with E-state index in [2.05, 4.69) is 18.3 Å². The van der Waals surface area contributed by atoms with Crippen molar-refractivity contribution in [2.24, 2.45) is 5.92 Å². The fraction of sp³-hybridized carbons (Fsp3) is 0.500. The van der Waals surface area contributed by atoms with Gasteiger partial charge < -0.3 is 5.32 Å². The van der Waals surface area contributed by atoms with Crippen LogP contribution in [0.1, 0.15) is 0 Å². The van der Waals surface area contributed by atoms with Crippen LogP contribution < -0.4 is 5.32 Å². The van der Waals surface area contributed by atoms with Gasteiger partial charge in [-0.15, -0.1) is 6.58 Å². The van der Waals surface area contributed by atoms with Gasteiger partial charge in [0.15, 0.2) is 0 Å². The zero-order valence-electron chi connectivity index (χ0n) is 4.35. The molecule has 39 valence electrons. The quantitative estimate of drug-likeness (QED) is 0.497. The Morgan fingerprint density at radius 3 is 2.43 bits per heavy atom. The third-order valence-electron chi connectivity index (χ3n) is 1.22. The molecule has 1 nitrogen and oxygen atoms in total. The first-order valence-corrected chi connectivity index (χ1v) is 2.60. The van der Waals surface area contributed by atoms with Gasteiger partial charge in [-0.1, -0.05) is 6.08 Å². The molecule has 0 aromatic carbocycles. The van der Waals surface area contributed by atoms with Crippen LogP contribution in [0.25, 0.3) is 0 Å². The van der Waals surface area contributed by atoms with Crippen LogP contribution in [0.3, 0.4) is 0 Å². The van der Waals surface area contributed by atoms with Crippen molar-refractivity contribution in [3.63, 3.8) is 0 Å². The SMILES string of the molecule is C=C[CH]C1CN[13CH2]1. The predicted molar refractivity (Wildman–Crippen MR) is 30.9 cm³/mol. The van der Waals surface area contributed by atoms with E-state index in [1.807, 2.05) is 6.08 Å². The molecule has 1 heterocycles. The van der Waals surface area contributed by atoms with Gasteiger partial charge in [0, 0.05) is 0 Å². The van der Waals surface area contributed by atoms with Crippen molar-refractivity contribution >= 4 is 0 Å². The van der Waals surface area contributed by atoms with Gasteiger partial charge >= 0.3 is 0 Å². The van der Waals surface area contributed by atoms with E-state index in [0.717, 1.165) is 19.0 Å². The summed E-state index contributed by atoms with van der Waals surface area (Å²) in [7, 11) is 0. The summed E-state index contributed by atoms with van der Waals surface area (Å²) >= 11 is 0. The Kier molecular flexibility index (Phi) is 1.47. The molecule has 1 aliphatic heterocycles. The largest absolute Gasteiger partial charge is 0.316 e. The molecule has 1 rings (SSSR count). The summed E-state index contributed by atoms with van der Waals surface area (Å²) in [4.78, 5) is 0. The van der Waals surface area contributed by atoms with Gasteiger partial charge in [0.25, 0.3) is 0 Å². The van der Waals surface area contributed by atoms with E-state index in [9.17, 15) is 0 Å². The number of nitrogens with one attached hydrogen (secondary N) is 1. The second kappa shape index (κ2) is 2.12. The Morgan fingerprint density at radius 2 is 2.29 bits per heavy atom. The Labute approximate surface area is 44.4 Å². The molecule has 1 aliphatic rings. The summed E-state index contributed by atoms with van der Waals surface area (Å²) < 4.78 is 0. The van der Waals surface area contributed by atoms with Crippen molar-refractivity contribution in [2.75, 3.05) is 13.1 Å². The monoisotopic (exact) mass is 97.1 g/mol. The van der Waals surface area contributed by atoms with Crippen LogP contribution in [0, 0.1) is 12.3 Å². The molecule has 1 radical (unpaired) electrons. The molecule has 0 aromatic rings. The number of rotatable bonds is 2. The van der Waals surface area contributed by atoms with E-state index in [1.54, 1.807) is 0 Å². The first kappa shape index (κ1) is 4.85. The average molecular weight is 97.1 g/mol. The minimum absolute atomic E-state index is 0.775. The highest BCUT2D eigenvalue weighted by Gasteiger charge is 2.13. The van der Waals surface area contributed by atoms with Crippen molar-refractivity contribution in [3.05, 3.63) is 19.1 Å². The summed E-state index contributed by atoms with van der Waals surface area (Å²) in [6.07, 6.45) is 4.00. The molecule has 0 amide bonds. The van der Waals surface area contributed by atoms with Crippen LogP contribution in [0.5, 0.6) is 0 Å². The van der Waals surface area contributed by atoms with Gasteiger partial charge in [0.05, 0.1) is 0 Å². The van der Waals surface area contributed by atoms with Gasteiger partial charge in [-0.05, 0) is 25.4 Å². The molecule has 1 atom stereocenters. The fourth-order valence-corrected chi connectivity index (χ4v) is 0.640. The number of hydrogen-bond donors (Lipinski definition) is 1. The lowest BCUT2D eigenvalue weighted by molar-refractivity contribution is 0.401. The second-order valence-corrected chi connectivity index (χ2v) is 1.85. The topological polar surface area (TPSA) is 12.0 Å². The molecule has 1 heteroatoms. The zero-order valence-corrected chi connectivity index (χ0v) is 4.35. The van der Waals surface area contributed by atoms with Crippen LogP contribution in [0.4, 0.5) is 0 Å². The Hall–Kier alpha value is -0.300. The van der Waals surface area contributed by atoms with Crippen LogP contribution in [0.15, 0.2) is 12.7 Å². The molecule has 0 aromatic heterocycles. The van der Waals surface area contributed by atoms with Gasteiger partial charge in [0.2, 0.25) is 0 Å². The maximum absolute atomic E-state index is 3.60. The predicted octanol–water partition coefficient (Wildman–Crippen LogP) is 0.596. The minimum Gasteiger partial charge on any atom is -0.316 e. The number of allylic oxidation sites excluding steroid dienone is 1. The Bertz CT molecular complexity index is 64.6. The summed E-state index contributed by atoms with van der Waals surface area (Å²) in [5, 5.41) is 3.17. The van der Waals surface area contributed by atoms with E-state index in [0.29, 0.717) is 0 Å². The van der Waals surface area contributed by atoms with E-state index in [1.165, 1.54) is 0 Å². The summed E-state index contributed by atoms with van der Waals surface area (Å²) in [6, 6.07) is 0.